The van der Waals surface area contributed by atoms with Crippen molar-refractivity contribution in [2.75, 3.05) is 49.2 Å². The minimum Gasteiger partial charge on any atom is -0.399 e. The van der Waals surface area contributed by atoms with Crippen LogP contribution in [0, 0.1) is 0 Å². The lowest BCUT2D eigenvalue weighted by molar-refractivity contribution is 0.313. The molecule has 3 N–H and O–H groups in total. The zero-order valence-electron chi connectivity index (χ0n) is 11.7. The van der Waals surface area contributed by atoms with Gasteiger partial charge in [-0.25, -0.2) is 0 Å². The van der Waals surface area contributed by atoms with Gasteiger partial charge in [0.25, 0.3) is 0 Å². The minimum absolute atomic E-state index is 0.646. The average Bonchev–Trinajstić information content (AvgIpc) is 2.35. The molecule has 104 valence electrons. The van der Waals surface area contributed by atoms with Gasteiger partial charge in [0.1, 0.15) is 0 Å². The molecule has 4 heteroatoms. The summed E-state index contributed by atoms with van der Waals surface area (Å²) < 4.78 is 0. The molecule has 0 spiro atoms. The molecule has 1 saturated heterocycles. The first-order chi connectivity index (χ1) is 9.22. The average molecular weight is 260 g/mol. The Balaban J connectivity index is 1.78. The maximum absolute atomic E-state index is 5.95. The van der Waals surface area contributed by atoms with Gasteiger partial charge in [0.15, 0.2) is 0 Å². The fourth-order valence-corrected chi connectivity index (χ4v) is 2.76. The maximum atomic E-state index is 5.95. The van der Waals surface area contributed by atoms with Crippen molar-refractivity contribution >= 4 is 17.1 Å². The molecule has 2 fully saturated rings. The van der Waals surface area contributed by atoms with Crippen LogP contribution in [0.2, 0.25) is 0 Å². The van der Waals surface area contributed by atoms with Crippen LogP contribution in [0.25, 0.3) is 0 Å². The number of hydrogen-bond acceptors (Lipinski definition) is 4. The number of nitrogen functional groups attached to an aromatic ring is 1. The van der Waals surface area contributed by atoms with E-state index in [4.69, 9.17) is 5.73 Å². The first-order valence-electron chi connectivity index (χ1n) is 7.32. The van der Waals surface area contributed by atoms with Crippen LogP contribution in [0.1, 0.15) is 19.3 Å². The fourth-order valence-electron chi connectivity index (χ4n) is 2.76. The largest absolute Gasteiger partial charge is 0.399 e. The molecule has 1 aromatic rings. The van der Waals surface area contributed by atoms with E-state index >= 15 is 0 Å². The van der Waals surface area contributed by atoms with Crippen LogP contribution in [-0.4, -0.2) is 44.2 Å². The number of likely N-dealkylation sites (N-methyl/N-ethyl adjacent to an activating group) is 1. The van der Waals surface area contributed by atoms with Crippen LogP contribution < -0.4 is 16.0 Å². The molecule has 0 radical (unpaired) electrons. The van der Waals surface area contributed by atoms with Gasteiger partial charge in [-0.3, -0.25) is 0 Å². The summed E-state index contributed by atoms with van der Waals surface area (Å²) in [5, 5.41) is 3.66. The topological polar surface area (TPSA) is 44.5 Å². The molecule has 0 aromatic heterocycles. The molecule has 4 nitrogen and oxygen atoms in total. The number of rotatable bonds is 3. The molecule has 1 saturated carbocycles. The van der Waals surface area contributed by atoms with Crippen LogP contribution in [0.3, 0.4) is 0 Å². The van der Waals surface area contributed by atoms with Crippen LogP contribution >= 0.6 is 0 Å². The van der Waals surface area contributed by atoms with E-state index in [0.29, 0.717) is 6.04 Å². The summed E-state index contributed by atoms with van der Waals surface area (Å²) in [5.41, 5.74) is 9.33. The smallest absolute Gasteiger partial charge is 0.0604 e. The number of benzene rings is 1. The van der Waals surface area contributed by atoms with Gasteiger partial charge in [0.05, 0.1) is 11.4 Å². The summed E-state index contributed by atoms with van der Waals surface area (Å²) in [5.74, 6) is 0. The lowest BCUT2D eigenvalue weighted by atomic mass is 9.93. The first kappa shape index (κ1) is 12.6. The Labute approximate surface area is 115 Å². The van der Waals surface area contributed by atoms with Crippen LogP contribution in [0.5, 0.6) is 0 Å². The molecule has 2 aliphatic rings. The van der Waals surface area contributed by atoms with Gasteiger partial charge in [-0.15, -0.1) is 0 Å². The molecular formula is C15H24N4. The van der Waals surface area contributed by atoms with E-state index in [1.807, 2.05) is 6.07 Å². The lowest BCUT2D eigenvalue weighted by Crippen LogP contribution is -2.44. The van der Waals surface area contributed by atoms with Gasteiger partial charge in [-0.1, -0.05) is 0 Å². The summed E-state index contributed by atoms with van der Waals surface area (Å²) in [6, 6.07) is 6.92. The number of nitrogens with two attached hydrogens (primary N) is 1. The van der Waals surface area contributed by atoms with Gasteiger partial charge in [0, 0.05) is 37.9 Å². The number of piperazine rings is 1. The highest BCUT2D eigenvalue weighted by atomic mass is 15.3. The fraction of sp³-hybridized carbons (Fsp3) is 0.600. The van der Waals surface area contributed by atoms with Crippen LogP contribution in [0.15, 0.2) is 18.2 Å². The van der Waals surface area contributed by atoms with E-state index < -0.39 is 0 Å². The summed E-state index contributed by atoms with van der Waals surface area (Å²) in [4.78, 5) is 4.85. The summed E-state index contributed by atoms with van der Waals surface area (Å²) in [6.07, 6.45) is 3.93. The minimum atomic E-state index is 0.646. The predicted molar refractivity (Wildman–Crippen MR) is 81.8 cm³/mol. The standard InChI is InChI=1S/C15H24N4/c1-18-7-9-19(10-8-18)15-6-5-12(16)11-14(15)17-13-3-2-4-13/h5-6,11,13,17H,2-4,7-10,16H2,1H3. The molecule has 0 atom stereocenters. The molecule has 0 amide bonds. The number of nitrogens with one attached hydrogen (secondary N) is 1. The first-order valence-corrected chi connectivity index (χ1v) is 7.32. The third-order valence-corrected chi connectivity index (χ3v) is 4.33. The van der Waals surface area contributed by atoms with Gasteiger partial charge >= 0.3 is 0 Å². The summed E-state index contributed by atoms with van der Waals surface area (Å²) in [7, 11) is 2.19. The second kappa shape index (κ2) is 5.29. The van der Waals surface area contributed by atoms with Gasteiger partial charge in [-0.2, -0.15) is 0 Å². The van der Waals surface area contributed by atoms with Crippen molar-refractivity contribution in [3.8, 4) is 0 Å². The van der Waals surface area contributed by atoms with E-state index in [1.54, 1.807) is 0 Å². The van der Waals surface area contributed by atoms with Gasteiger partial charge in [0.2, 0.25) is 0 Å². The van der Waals surface area contributed by atoms with Crippen LogP contribution in [-0.2, 0) is 0 Å². The van der Waals surface area contributed by atoms with Crippen LogP contribution in [0.4, 0.5) is 17.1 Å². The number of nitrogens with zero attached hydrogens (tertiary/aromatic N) is 2. The number of hydrogen-bond donors (Lipinski definition) is 2. The van der Waals surface area contributed by atoms with Crippen molar-refractivity contribution in [3.63, 3.8) is 0 Å². The van der Waals surface area contributed by atoms with E-state index in [1.165, 1.54) is 30.6 Å². The Bertz CT molecular complexity index is 434. The predicted octanol–water partition coefficient (Wildman–Crippen LogP) is 1.99. The Morgan fingerprint density at radius 2 is 1.89 bits per heavy atom. The van der Waals surface area contributed by atoms with E-state index in [2.05, 4.69) is 34.3 Å². The molecule has 1 aliphatic heterocycles. The van der Waals surface area contributed by atoms with Gasteiger partial charge in [-0.05, 0) is 44.5 Å². The monoisotopic (exact) mass is 260 g/mol. The van der Waals surface area contributed by atoms with Gasteiger partial charge < -0.3 is 20.9 Å². The maximum Gasteiger partial charge on any atom is 0.0604 e. The SMILES string of the molecule is CN1CCN(c2ccc(N)cc2NC2CCC2)CC1. The zero-order chi connectivity index (χ0) is 13.2. The second-order valence-electron chi connectivity index (χ2n) is 5.84. The van der Waals surface area contributed by atoms with Crippen molar-refractivity contribution in [2.24, 2.45) is 0 Å². The third-order valence-electron chi connectivity index (χ3n) is 4.33. The quantitative estimate of drug-likeness (QED) is 0.816. The molecule has 19 heavy (non-hydrogen) atoms. The summed E-state index contributed by atoms with van der Waals surface area (Å²) in [6.45, 7) is 4.46. The third kappa shape index (κ3) is 2.78. The summed E-state index contributed by atoms with van der Waals surface area (Å²) >= 11 is 0. The van der Waals surface area contributed by atoms with E-state index in [9.17, 15) is 0 Å². The van der Waals surface area contributed by atoms with E-state index in [0.717, 1.165) is 31.9 Å². The molecule has 0 unspecified atom stereocenters. The molecule has 3 rings (SSSR count). The van der Waals surface area contributed by atoms with Crippen molar-refractivity contribution in [3.05, 3.63) is 18.2 Å². The highest BCUT2D eigenvalue weighted by molar-refractivity contribution is 5.74. The zero-order valence-corrected chi connectivity index (χ0v) is 11.7. The van der Waals surface area contributed by atoms with Crippen molar-refractivity contribution < 1.29 is 0 Å². The number of anilines is 3. The lowest BCUT2D eigenvalue weighted by Gasteiger charge is -2.36. The second-order valence-corrected chi connectivity index (χ2v) is 5.84. The Morgan fingerprint density at radius 1 is 1.16 bits per heavy atom. The highest BCUT2D eigenvalue weighted by Gasteiger charge is 2.21. The van der Waals surface area contributed by atoms with Crippen molar-refractivity contribution in [1.82, 2.24) is 4.90 Å². The Morgan fingerprint density at radius 3 is 2.53 bits per heavy atom. The van der Waals surface area contributed by atoms with Crippen molar-refractivity contribution in [2.45, 2.75) is 25.3 Å². The highest BCUT2D eigenvalue weighted by Crippen LogP contribution is 2.32. The van der Waals surface area contributed by atoms with Crippen molar-refractivity contribution in [1.29, 1.82) is 0 Å². The Kier molecular flexibility index (Phi) is 3.51. The molecule has 1 aliphatic carbocycles. The molecular weight excluding hydrogens is 236 g/mol. The molecule has 1 aromatic carbocycles. The molecule has 0 bridgehead atoms. The normalized spacial score (nSPS) is 21.2. The molecule has 1 heterocycles. The van der Waals surface area contributed by atoms with E-state index in [-0.39, 0.29) is 0 Å². The Hall–Kier alpha value is -1.42.